The van der Waals surface area contributed by atoms with Crippen molar-refractivity contribution < 1.29 is 32.1 Å². The first-order chi connectivity index (χ1) is 17.7. The van der Waals surface area contributed by atoms with E-state index < -0.39 is 17.8 Å². The predicted molar refractivity (Wildman–Crippen MR) is 133 cm³/mol. The number of aromatic hydroxyl groups is 1. The molecule has 1 fully saturated rings. The largest absolute Gasteiger partial charge is 0.508 e. The quantitative estimate of drug-likeness (QED) is 0.355. The maximum atomic E-state index is 13.2. The molecule has 0 aliphatic carbocycles. The van der Waals surface area contributed by atoms with Crippen molar-refractivity contribution in [3.8, 4) is 17.2 Å². The summed E-state index contributed by atoms with van der Waals surface area (Å²) in [5.41, 5.74) is 2.91. The number of nitrogens with zero attached hydrogens (tertiary/aromatic N) is 1. The van der Waals surface area contributed by atoms with Crippen molar-refractivity contribution in [3.05, 3.63) is 89.0 Å². The molecular formula is C29H27F4NO3. The maximum Gasteiger partial charge on any atom is 0.416 e. The number of phenols is 1. The Morgan fingerprint density at radius 3 is 2.35 bits per heavy atom. The Balaban J connectivity index is 1.40. The molecule has 2 heterocycles. The topological polar surface area (TPSA) is 41.9 Å². The standard InChI is InChI=1S/C29H27F4NO3/c1-18-25-14-23(35)8-11-26(25)37-28(27(18)20-2-6-22(7-3-20)29(31,32)33)21-4-9-24(10-5-21)36-13-12-34-16-19(15-30)17-34/h2-11,14,19,28,35H,12-13,15-17H2,1H3/t28-/m0/s1. The number of hydrogen-bond donors (Lipinski definition) is 1. The smallest absolute Gasteiger partial charge is 0.416 e. The summed E-state index contributed by atoms with van der Waals surface area (Å²) in [5, 5.41) is 10.0. The van der Waals surface area contributed by atoms with Crippen LogP contribution in [-0.4, -0.2) is 42.9 Å². The van der Waals surface area contributed by atoms with Gasteiger partial charge in [0, 0.05) is 36.7 Å². The fourth-order valence-corrected chi connectivity index (χ4v) is 4.87. The van der Waals surface area contributed by atoms with Crippen molar-refractivity contribution in [3.63, 3.8) is 0 Å². The molecule has 0 bridgehead atoms. The lowest BCUT2D eigenvalue weighted by Crippen LogP contribution is -2.49. The van der Waals surface area contributed by atoms with Gasteiger partial charge in [0.05, 0.1) is 12.2 Å². The molecule has 0 spiro atoms. The van der Waals surface area contributed by atoms with Crippen molar-refractivity contribution in [2.75, 3.05) is 32.9 Å². The zero-order chi connectivity index (χ0) is 26.2. The van der Waals surface area contributed by atoms with Crippen molar-refractivity contribution >= 4 is 11.1 Å². The number of fused-ring (bicyclic) bond motifs is 1. The van der Waals surface area contributed by atoms with E-state index in [0.717, 1.165) is 48.5 Å². The van der Waals surface area contributed by atoms with Crippen molar-refractivity contribution in [1.29, 1.82) is 0 Å². The third-order valence-electron chi connectivity index (χ3n) is 6.91. The van der Waals surface area contributed by atoms with E-state index in [4.69, 9.17) is 9.47 Å². The second-order valence-electron chi connectivity index (χ2n) is 9.49. The van der Waals surface area contributed by atoms with Crippen LogP contribution in [0.5, 0.6) is 17.2 Å². The monoisotopic (exact) mass is 513 g/mol. The fourth-order valence-electron chi connectivity index (χ4n) is 4.87. The van der Waals surface area contributed by atoms with E-state index in [1.165, 1.54) is 18.2 Å². The minimum Gasteiger partial charge on any atom is -0.508 e. The number of benzene rings is 3. The van der Waals surface area contributed by atoms with E-state index in [1.807, 2.05) is 31.2 Å². The Hall–Kier alpha value is -3.52. The zero-order valence-electron chi connectivity index (χ0n) is 20.3. The van der Waals surface area contributed by atoms with E-state index in [-0.39, 0.29) is 18.3 Å². The second kappa shape index (κ2) is 10.1. The van der Waals surface area contributed by atoms with Crippen LogP contribution in [0.25, 0.3) is 11.1 Å². The van der Waals surface area contributed by atoms with Crippen LogP contribution >= 0.6 is 0 Å². The van der Waals surface area contributed by atoms with Crippen LogP contribution in [-0.2, 0) is 6.18 Å². The van der Waals surface area contributed by atoms with Crippen molar-refractivity contribution in [1.82, 2.24) is 4.90 Å². The third-order valence-corrected chi connectivity index (χ3v) is 6.91. The van der Waals surface area contributed by atoms with Crippen molar-refractivity contribution in [2.24, 2.45) is 5.92 Å². The van der Waals surface area contributed by atoms with Gasteiger partial charge in [0.1, 0.15) is 30.0 Å². The van der Waals surface area contributed by atoms with Crippen LogP contribution in [0, 0.1) is 5.92 Å². The number of likely N-dealkylation sites (tertiary alicyclic amines) is 1. The number of rotatable bonds is 7. The average Bonchev–Trinajstić information content (AvgIpc) is 2.85. The lowest BCUT2D eigenvalue weighted by Gasteiger charge is -2.37. The minimum atomic E-state index is -4.43. The molecule has 3 aromatic carbocycles. The summed E-state index contributed by atoms with van der Waals surface area (Å²) in [4.78, 5) is 2.15. The SMILES string of the molecule is CC1=C(c2ccc(C(F)(F)F)cc2)[C@H](c2ccc(OCCN3CC(CF)C3)cc2)Oc2ccc(O)cc21. The molecule has 1 N–H and O–H groups in total. The van der Waals surface area contributed by atoms with Gasteiger partial charge in [0.2, 0.25) is 0 Å². The van der Waals surface area contributed by atoms with Gasteiger partial charge in [-0.3, -0.25) is 9.29 Å². The highest BCUT2D eigenvalue weighted by molar-refractivity contribution is 5.95. The maximum absolute atomic E-state index is 13.2. The number of halogens is 4. The van der Waals surface area contributed by atoms with Gasteiger partial charge in [-0.25, -0.2) is 0 Å². The molecule has 0 aromatic heterocycles. The molecule has 1 atom stereocenters. The fraction of sp³-hybridized carbons (Fsp3) is 0.310. The van der Waals surface area contributed by atoms with Gasteiger partial charge in [-0.05, 0) is 66.1 Å². The van der Waals surface area contributed by atoms with Gasteiger partial charge in [0.25, 0.3) is 0 Å². The van der Waals surface area contributed by atoms with Crippen LogP contribution in [0.2, 0.25) is 0 Å². The minimum absolute atomic E-state index is 0.0758. The molecule has 3 aromatic rings. The molecule has 2 aliphatic rings. The van der Waals surface area contributed by atoms with E-state index in [9.17, 15) is 22.7 Å². The van der Waals surface area contributed by atoms with E-state index in [0.29, 0.717) is 29.2 Å². The Kier molecular flexibility index (Phi) is 6.86. The Morgan fingerprint density at radius 2 is 1.70 bits per heavy atom. The van der Waals surface area contributed by atoms with E-state index >= 15 is 0 Å². The van der Waals surface area contributed by atoms with Crippen LogP contribution in [0.3, 0.4) is 0 Å². The molecule has 1 saturated heterocycles. The highest BCUT2D eigenvalue weighted by Crippen LogP contribution is 2.47. The third kappa shape index (κ3) is 5.30. The van der Waals surface area contributed by atoms with Crippen LogP contribution in [0.1, 0.15) is 35.3 Å². The summed E-state index contributed by atoms with van der Waals surface area (Å²) in [7, 11) is 0. The van der Waals surface area contributed by atoms with E-state index in [1.54, 1.807) is 12.1 Å². The molecular weight excluding hydrogens is 486 g/mol. The van der Waals surface area contributed by atoms with Gasteiger partial charge in [-0.15, -0.1) is 0 Å². The lowest BCUT2D eigenvalue weighted by atomic mass is 9.86. The zero-order valence-corrected chi connectivity index (χ0v) is 20.3. The van der Waals surface area contributed by atoms with Gasteiger partial charge in [0.15, 0.2) is 0 Å². The lowest BCUT2D eigenvalue weighted by molar-refractivity contribution is -0.137. The van der Waals surface area contributed by atoms with Gasteiger partial charge >= 0.3 is 6.18 Å². The van der Waals surface area contributed by atoms with Gasteiger partial charge in [-0.2, -0.15) is 13.2 Å². The van der Waals surface area contributed by atoms with Gasteiger partial charge in [-0.1, -0.05) is 24.3 Å². The number of allylic oxidation sites excluding steroid dienone is 1. The summed E-state index contributed by atoms with van der Waals surface area (Å²) >= 11 is 0. The average molecular weight is 514 g/mol. The van der Waals surface area contributed by atoms with Crippen molar-refractivity contribution in [2.45, 2.75) is 19.2 Å². The number of alkyl halides is 4. The first-order valence-corrected chi connectivity index (χ1v) is 12.1. The highest BCUT2D eigenvalue weighted by Gasteiger charge is 2.33. The molecule has 37 heavy (non-hydrogen) atoms. The molecule has 0 radical (unpaired) electrons. The molecule has 2 aliphatic heterocycles. The predicted octanol–water partition coefficient (Wildman–Crippen LogP) is 6.76. The molecule has 0 saturated carbocycles. The second-order valence-corrected chi connectivity index (χ2v) is 9.49. The summed E-state index contributed by atoms with van der Waals surface area (Å²) in [6, 6.07) is 17.3. The first-order valence-electron chi connectivity index (χ1n) is 12.1. The molecule has 0 amide bonds. The Bertz CT molecular complexity index is 1280. The molecule has 8 heteroatoms. The molecule has 5 rings (SSSR count). The first kappa shape index (κ1) is 25.1. The van der Waals surface area contributed by atoms with Crippen LogP contribution in [0.15, 0.2) is 66.7 Å². The van der Waals surface area contributed by atoms with Crippen LogP contribution < -0.4 is 9.47 Å². The van der Waals surface area contributed by atoms with Crippen LogP contribution in [0.4, 0.5) is 17.6 Å². The Labute approximate surface area is 212 Å². The summed E-state index contributed by atoms with van der Waals surface area (Å²) < 4.78 is 64.2. The molecule has 194 valence electrons. The van der Waals surface area contributed by atoms with E-state index in [2.05, 4.69) is 4.90 Å². The summed E-state index contributed by atoms with van der Waals surface area (Å²) in [6.07, 6.45) is -5.00. The number of ether oxygens (including phenoxy) is 2. The molecule has 0 unspecified atom stereocenters. The normalized spacial score (nSPS) is 18.2. The molecule has 4 nitrogen and oxygen atoms in total. The highest BCUT2D eigenvalue weighted by atomic mass is 19.4. The summed E-state index contributed by atoms with van der Waals surface area (Å²) in [6.45, 7) is 4.33. The van der Waals surface area contributed by atoms with Gasteiger partial charge < -0.3 is 14.6 Å². The number of phenolic OH excluding ortho intramolecular Hbond substituents is 1. The number of hydrogen-bond acceptors (Lipinski definition) is 4. The Morgan fingerprint density at radius 1 is 1.00 bits per heavy atom. The summed E-state index contributed by atoms with van der Waals surface area (Å²) in [5.74, 6) is 1.48.